The lowest BCUT2D eigenvalue weighted by atomic mass is 9.82. The molecule has 0 aromatic carbocycles. The van der Waals surface area contributed by atoms with Gasteiger partial charge in [0.1, 0.15) is 0 Å². The largest absolute Gasteiger partial charge is 0.481 e. The van der Waals surface area contributed by atoms with Crippen LogP contribution in [0.4, 0.5) is 4.79 Å². The molecule has 116 valence electrons. The normalized spacial score (nSPS) is 23.4. The van der Waals surface area contributed by atoms with Crippen LogP contribution in [0.25, 0.3) is 0 Å². The van der Waals surface area contributed by atoms with E-state index in [0.717, 1.165) is 12.8 Å². The van der Waals surface area contributed by atoms with E-state index in [1.165, 1.54) is 0 Å². The van der Waals surface area contributed by atoms with Crippen LogP contribution in [-0.4, -0.2) is 28.7 Å². The minimum absolute atomic E-state index is 0.0264. The minimum Gasteiger partial charge on any atom is -0.481 e. The second-order valence-electron chi connectivity index (χ2n) is 7.76. The van der Waals surface area contributed by atoms with Crippen LogP contribution in [0.5, 0.6) is 0 Å². The zero-order valence-electron chi connectivity index (χ0n) is 13.2. The van der Waals surface area contributed by atoms with Crippen molar-refractivity contribution in [3.8, 4) is 0 Å². The fraction of sp³-hybridized carbons (Fsp3) is 0.867. The van der Waals surface area contributed by atoms with Gasteiger partial charge in [0.15, 0.2) is 0 Å². The Kier molecular flexibility index (Phi) is 5.05. The van der Waals surface area contributed by atoms with Gasteiger partial charge in [0, 0.05) is 11.6 Å². The summed E-state index contributed by atoms with van der Waals surface area (Å²) in [5, 5.41) is 14.8. The number of nitrogens with one attached hydrogen (secondary N) is 2. The van der Waals surface area contributed by atoms with Crippen LogP contribution in [-0.2, 0) is 4.79 Å². The summed E-state index contributed by atoms with van der Waals surface area (Å²) in [6.45, 7) is 10.4. The van der Waals surface area contributed by atoms with Crippen molar-refractivity contribution in [3.63, 3.8) is 0 Å². The Hall–Kier alpha value is -1.26. The van der Waals surface area contributed by atoms with Gasteiger partial charge in [-0.15, -0.1) is 0 Å². The number of hydrogen-bond acceptors (Lipinski definition) is 2. The number of amides is 2. The van der Waals surface area contributed by atoms with E-state index in [1.807, 2.05) is 13.8 Å². The molecule has 1 aliphatic carbocycles. The van der Waals surface area contributed by atoms with E-state index in [0.29, 0.717) is 12.8 Å². The van der Waals surface area contributed by atoms with Crippen LogP contribution in [0.15, 0.2) is 0 Å². The van der Waals surface area contributed by atoms with Gasteiger partial charge in [-0.1, -0.05) is 20.8 Å². The molecule has 0 heterocycles. The number of urea groups is 1. The fourth-order valence-electron chi connectivity index (χ4n) is 3.24. The van der Waals surface area contributed by atoms with Crippen LogP contribution in [0, 0.1) is 11.3 Å². The first kappa shape index (κ1) is 16.8. The Morgan fingerprint density at radius 1 is 1.15 bits per heavy atom. The van der Waals surface area contributed by atoms with E-state index < -0.39 is 5.97 Å². The second-order valence-corrected chi connectivity index (χ2v) is 7.76. The number of carbonyl (C=O) groups is 2. The summed E-state index contributed by atoms with van der Waals surface area (Å²) in [6, 6.07) is -0.225. The molecule has 2 atom stereocenters. The molecule has 1 rings (SSSR count). The third-order valence-electron chi connectivity index (χ3n) is 3.54. The van der Waals surface area contributed by atoms with Crippen LogP contribution in [0.2, 0.25) is 0 Å². The summed E-state index contributed by atoms with van der Waals surface area (Å²) in [7, 11) is 0. The summed E-state index contributed by atoms with van der Waals surface area (Å²) in [5.74, 6) is -1.08. The van der Waals surface area contributed by atoms with Crippen molar-refractivity contribution in [1.82, 2.24) is 10.6 Å². The Morgan fingerprint density at radius 2 is 1.75 bits per heavy atom. The van der Waals surface area contributed by atoms with Crippen molar-refractivity contribution in [2.45, 2.75) is 71.9 Å². The highest BCUT2D eigenvalue weighted by Gasteiger charge is 2.32. The second kappa shape index (κ2) is 6.02. The molecule has 1 saturated carbocycles. The maximum absolute atomic E-state index is 12.0. The summed E-state index contributed by atoms with van der Waals surface area (Å²) in [6.07, 6.45) is 2.79. The Bertz CT molecular complexity index is 372. The molecule has 0 saturated heterocycles. The molecule has 0 spiro atoms. The molecule has 0 radical (unpaired) electrons. The van der Waals surface area contributed by atoms with Crippen molar-refractivity contribution in [1.29, 1.82) is 0 Å². The minimum atomic E-state index is -0.761. The summed E-state index contributed by atoms with van der Waals surface area (Å²) in [4.78, 5) is 22.9. The third kappa shape index (κ3) is 5.80. The first-order chi connectivity index (χ1) is 8.98. The zero-order valence-corrected chi connectivity index (χ0v) is 13.2. The quantitative estimate of drug-likeness (QED) is 0.742. The van der Waals surface area contributed by atoms with Crippen LogP contribution in [0.1, 0.15) is 60.3 Å². The number of rotatable bonds is 4. The number of carboxylic acid groups (broad SMARTS) is 1. The van der Waals surface area contributed by atoms with E-state index in [4.69, 9.17) is 5.11 Å². The van der Waals surface area contributed by atoms with Gasteiger partial charge in [-0.2, -0.15) is 0 Å². The molecule has 0 aromatic heterocycles. The smallest absolute Gasteiger partial charge is 0.315 e. The van der Waals surface area contributed by atoms with Crippen LogP contribution in [0.3, 0.4) is 0 Å². The lowest BCUT2D eigenvalue weighted by Crippen LogP contribution is -2.51. The molecule has 0 aromatic rings. The lowest BCUT2D eigenvalue weighted by molar-refractivity contribution is -0.141. The number of aliphatic carboxylic acids is 1. The van der Waals surface area contributed by atoms with Crippen LogP contribution >= 0.6 is 0 Å². The molecule has 5 heteroatoms. The molecule has 2 amide bonds. The third-order valence-corrected chi connectivity index (χ3v) is 3.54. The maximum Gasteiger partial charge on any atom is 0.315 e. The molecule has 0 bridgehead atoms. The standard InChI is InChI=1S/C15H28N2O3/c1-14(2,3)9-15(4,5)17-13(20)16-11-7-6-10(8-11)12(18)19/h10-11H,6-9H2,1-5H3,(H,18,19)(H2,16,17,20)/t10-,11+/m1/s1. The van der Waals surface area contributed by atoms with E-state index in [2.05, 4.69) is 31.4 Å². The van der Waals surface area contributed by atoms with Gasteiger partial charge in [0.2, 0.25) is 0 Å². The Balaban J connectivity index is 2.42. The van der Waals surface area contributed by atoms with Gasteiger partial charge in [-0.05, 0) is 44.9 Å². The molecular weight excluding hydrogens is 256 g/mol. The number of carboxylic acids is 1. The highest BCUT2D eigenvalue weighted by Crippen LogP contribution is 2.27. The summed E-state index contributed by atoms with van der Waals surface area (Å²) >= 11 is 0. The lowest BCUT2D eigenvalue weighted by Gasteiger charge is -2.33. The van der Waals surface area contributed by atoms with E-state index in [-0.39, 0.29) is 28.9 Å². The topological polar surface area (TPSA) is 78.4 Å². The predicted octanol–water partition coefficient (Wildman–Crippen LogP) is 2.75. The van der Waals surface area contributed by atoms with E-state index >= 15 is 0 Å². The van der Waals surface area contributed by atoms with E-state index in [1.54, 1.807) is 0 Å². The van der Waals surface area contributed by atoms with Crippen molar-refractivity contribution >= 4 is 12.0 Å². The van der Waals surface area contributed by atoms with E-state index in [9.17, 15) is 9.59 Å². The highest BCUT2D eigenvalue weighted by molar-refractivity contribution is 5.75. The van der Waals surface area contributed by atoms with Crippen LogP contribution < -0.4 is 10.6 Å². The van der Waals surface area contributed by atoms with Gasteiger partial charge in [0.05, 0.1) is 5.92 Å². The van der Waals surface area contributed by atoms with Gasteiger partial charge < -0.3 is 15.7 Å². The first-order valence-electron chi connectivity index (χ1n) is 7.30. The SMILES string of the molecule is CC(C)(C)CC(C)(C)NC(=O)N[C@H]1CC[C@@H](C(=O)O)C1. The van der Waals surface area contributed by atoms with Crippen molar-refractivity contribution in [2.24, 2.45) is 11.3 Å². The number of hydrogen-bond donors (Lipinski definition) is 3. The zero-order chi connectivity index (χ0) is 15.6. The molecule has 5 nitrogen and oxygen atoms in total. The summed E-state index contributed by atoms with van der Waals surface area (Å²) in [5.41, 5.74) is -0.147. The molecule has 1 aliphatic rings. The highest BCUT2D eigenvalue weighted by atomic mass is 16.4. The Morgan fingerprint density at radius 3 is 2.20 bits per heavy atom. The average molecular weight is 284 g/mol. The molecule has 1 fully saturated rings. The van der Waals surface area contributed by atoms with Gasteiger partial charge in [0.25, 0.3) is 0 Å². The molecule has 0 aliphatic heterocycles. The fourth-order valence-corrected chi connectivity index (χ4v) is 3.24. The van der Waals surface area contributed by atoms with Gasteiger partial charge >= 0.3 is 12.0 Å². The number of carbonyl (C=O) groups excluding carboxylic acids is 1. The molecule has 3 N–H and O–H groups in total. The Labute approximate surface area is 121 Å². The maximum atomic E-state index is 12.0. The predicted molar refractivity (Wildman–Crippen MR) is 78.6 cm³/mol. The van der Waals surface area contributed by atoms with Crippen molar-refractivity contribution in [2.75, 3.05) is 0 Å². The first-order valence-corrected chi connectivity index (χ1v) is 7.30. The molecular formula is C15H28N2O3. The molecule has 20 heavy (non-hydrogen) atoms. The summed E-state index contributed by atoms with van der Waals surface area (Å²) < 4.78 is 0. The average Bonchev–Trinajstić information content (AvgIpc) is 2.60. The van der Waals surface area contributed by atoms with Gasteiger partial charge in [-0.25, -0.2) is 4.79 Å². The monoisotopic (exact) mass is 284 g/mol. The van der Waals surface area contributed by atoms with Crippen molar-refractivity contribution in [3.05, 3.63) is 0 Å². The van der Waals surface area contributed by atoms with Gasteiger partial charge in [-0.3, -0.25) is 4.79 Å². The van der Waals surface area contributed by atoms with Crippen molar-refractivity contribution < 1.29 is 14.7 Å². The molecule has 0 unspecified atom stereocenters.